The molecule has 1 aromatic carbocycles. The summed E-state index contributed by atoms with van der Waals surface area (Å²) in [5.41, 5.74) is 1.32. The normalized spacial score (nSPS) is 10.8. The quantitative estimate of drug-likeness (QED) is 0.686. The lowest BCUT2D eigenvalue weighted by atomic mass is 10.1. The van der Waals surface area contributed by atoms with Gasteiger partial charge in [-0.05, 0) is 19.1 Å². The number of benzene rings is 1. The van der Waals surface area contributed by atoms with Gasteiger partial charge in [0, 0.05) is 27.0 Å². The van der Waals surface area contributed by atoms with Crippen LogP contribution >= 0.6 is 22.9 Å². The lowest BCUT2D eigenvalue weighted by Gasteiger charge is -2.04. The molecule has 0 aliphatic carbocycles. The topological polar surface area (TPSA) is 42.9 Å². The molecule has 0 N–H and O–H groups in total. The molecule has 0 spiro atoms. The van der Waals surface area contributed by atoms with E-state index in [9.17, 15) is 4.79 Å². The molecule has 0 aliphatic heterocycles. The van der Waals surface area contributed by atoms with Crippen LogP contribution in [0.25, 0.3) is 21.3 Å². The molecule has 0 aliphatic rings. The molecular formula is C14H9ClN2OS. The molecule has 3 aromatic rings. The summed E-state index contributed by atoms with van der Waals surface area (Å²) in [5, 5.41) is 1.37. The average molecular weight is 289 g/mol. The minimum Gasteiger partial charge on any atom is -0.275 e. The van der Waals surface area contributed by atoms with Crippen LogP contribution in [0.1, 0.15) is 5.82 Å². The summed E-state index contributed by atoms with van der Waals surface area (Å²) >= 11 is 7.31. The fourth-order valence-corrected chi connectivity index (χ4v) is 3.09. The van der Waals surface area contributed by atoms with Crippen LogP contribution in [0.3, 0.4) is 0 Å². The van der Waals surface area contributed by atoms with Gasteiger partial charge in [0.25, 0.3) is 4.74 Å². The molecule has 94 valence electrons. The number of aromatic nitrogens is 2. The standard InChI is InChI=1S/C14H9ClN2OS/c1-8-16-7-9-6-12(19-14(18)13(9)17-8)10-4-2-3-5-11(10)15/h2-7H,1H3. The van der Waals surface area contributed by atoms with Crippen LogP contribution in [-0.2, 0) is 0 Å². The molecule has 0 radical (unpaired) electrons. The summed E-state index contributed by atoms with van der Waals surface area (Å²) in [6, 6.07) is 9.37. The maximum absolute atomic E-state index is 12.1. The molecule has 2 aromatic heterocycles. The number of nitrogens with zero attached hydrogens (tertiary/aromatic N) is 2. The number of hydrogen-bond acceptors (Lipinski definition) is 4. The van der Waals surface area contributed by atoms with Crippen molar-refractivity contribution in [2.75, 3.05) is 0 Å². The maximum atomic E-state index is 12.1. The minimum absolute atomic E-state index is 0.0714. The van der Waals surface area contributed by atoms with Gasteiger partial charge in [0.1, 0.15) is 11.3 Å². The van der Waals surface area contributed by atoms with Crippen LogP contribution in [-0.4, -0.2) is 9.97 Å². The lowest BCUT2D eigenvalue weighted by molar-refractivity contribution is 1.09. The first-order valence-corrected chi connectivity index (χ1v) is 6.87. The Kier molecular flexibility index (Phi) is 3.05. The summed E-state index contributed by atoms with van der Waals surface area (Å²) < 4.78 is -0.0714. The van der Waals surface area contributed by atoms with Gasteiger partial charge in [0.05, 0.1) is 0 Å². The summed E-state index contributed by atoms with van der Waals surface area (Å²) in [5.74, 6) is 0.599. The average Bonchev–Trinajstić information content (AvgIpc) is 2.40. The van der Waals surface area contributed by atoms with E-state index in [0.717, 1.165) is 27.2 Å². The van der Waals surface area contributed by atoms with E-state index >= 15 is 0 Å². The van der Waals surface area contributed by atoms with Gasteiger partial charge in [0.2, 0.25) is 0 Å². The minimum atomic E-state index is -0.0714. The van der Waals surface area contributed by atoms with Crippen LogP contribution in [0.4, 0.5) is 0 Å². The van der Waals surface area contributed by atoms with Crippen molar-refractivity contribution in [3.63, 3.8) is 0 Å². The maximum Gasteiger partial charge on any atom is 0.259 e. The lowest BCUT2D eigenvalue weighted by Crippen LogP contribution is -2.01. The number of rotatable bonds is 1. The second kappa shape index (κ2) is 4.72. The van der Waals surface area contributed by atoms with Crippen molar-refractivity contribution in [2.45, 2.75) is 6.92 Å². The molecule has 0 bridgehead atoms. The van der Waals surface area contributed by atoms with Crippen molar-refractivity contribution < 1.29 is 0 Å². The Morgan fingerprint density at radius 3 is 2.84 bits per heavy atom. The third-order valence-electron chi connectivity index (χ3n) is 2.76. The fraction of sp³-hybridized carbons (Fsp3) is 0.0714. The Labute approximate surface area is 118 Å². The number of halogens is 1. The van der Waals surface area contributed by atoms with E-state index in [1.807, 2.05) is 30.3 Å². The molecule has 0 saturated heterocycles. The predicted octanol–water partition coefficient (Wildman–Crippen LogP) is 3.68. The Hall–Kier alpha value is -1.78. The SMILES string of the molecule is Cc1ncc2cc(-c3ccccc3Cl)sc(=O)c2n1. The second-order valence-corrected chi connectivity index (χ2v) is 5.52. The van der Waals surface area contributed by atoms with E-state index in [1.54, 1.807) is 13.1 Å². The Morgan fingerprint density at radius 1 is 1.26 bits per heavy atom. The number of aryl methyl sites for hydroxylation is 1. The summed E-state index contributed by atoms with van der Waals surface area (Å²) in [6.07, 6.45) is 1.67. The molecule has 19 heavy (non-hydrogen) atoms. The fourth-order valence-electron chi connectivity index (χ4n) is 1.86. The van der Waals surface area contributed by atoms with Gasteiger partial charge < -0.3 is 0 Å². The van der Waals surface area contributed by atoms with E-state index in [2.05, 4.69) is 9.97 Å². The van der Waals surface area contributed by atoms with Crippen molar-refractivity contribution in [1.29, 1.82) is 0 Å². The van der Waals surface area contributed by atoms with Crippen molar-refractivity contribution in [1.82, 2.24) is 9.97 Å². The van der Waals surface area contributed by atoms with Gasteiger partial charge in [0.15, 0.2) is 0 Å². The van der Waals surface area contributed by atoms with Crippen molar-refractivity contribution in [3.8, 4) is 10.4 Å². The van der Waals surface area contributed by atoms with E-state index in [1.165, 1.54) is 0 Å². The van der Waals surface area contributed by atoms with Crippen molar-refractivity contribution in [2.24, 2.45) is 0 Å². The smallest absolute Gasteiger partial charge is 0.259 e. The highest BCUT2D eigenvalue weighted by molar-refractivity contribution is 7.13. The van der Waals surface area contributed by atoms with Gasteiger partial charge in [-0.15, -0.1) is 0 Å². The van der Waals surface area contributed by atoms with Crippen molar-refractivity contribution >= 4 is 33.8 Å². The monoisotopic (exact) mass is 288 g/mol. The zero-order chi connectivity index (χ0) is 13.4. The number of fused-ring (bicyclic) bond motifs is 1. The second-order valence-electron chi connectivity index (χ2n) is 4.10. The third kappa shape index (κ3) is 2.25. The predicted molar refractivity (Wildman–Crippen MR) is 78.9 cm³/mol. The molecule has 2 heterocycles. The van der Waals surface area contributed by atoms with Gasteiger partial charge in [-0.2, -0.15) is 0 Å². The highest BCUT2D eigenvalue weighted by Gasteiger charge is 2.09. The molecule has 5 heteroatoms. The Bertz CT molecular complexity index is 829. The molecule has 0 atom stereocenters. The molecular weight excluding hydrogens is 280 g/mol. The highest BCUT2D eigenvalue weighted by atomic mass is 35.5. The zero-order valence-electron chi connectivity index (χ0n) is 10.1. The zero-order valence-corrected chi connectivity index (χ0v) is 11.6. The highest BCUT2D eigenvalue weighted by Crippen LogP contribution is 2.30. The molecule has 3 nitrogen and oxygen atoms in total. The van der Waals surface area contributed by atoms with E-state index < -0.39 is 0 Å². The van der Waals surface area contributed by atoms with Crippen LogP contribution in [0.15, 0.2) is 41.3 Å². The first-order chi connectivity index (χ1) is 9.15. The molecule has 3 rings (SSSR count). The van der Waals surface area contributed by atoms with Crippen LogP contribution in [0, 0.1) is 6.92 Å². The van der Waals surface area contributed by atoms with E-state index in [4.69, 9.17) is 11.6 Å². The van der Waals surface area contributed by atoms with Crippen LogP contribution < -0.4 is 4.74 Å². The van der Waals surface area contributed by atoms with Gasteiger partial charge in [-0.25, -0.2) is 9.97 Å². The van der Waals surface area contributed by atoms with Crippen molar-refractivity contribution in [3.05, 3.63) is 56.9 Å². The third-order valence-corrected chi connectivity index (χ3v) is 4.03. The Morgan fingerprint density at radius 2 is 2.05 bits per heavy atom. The van der Waals surface area contributed by atoms with Gasteiger partial charge in [-0.3, -0.25) is 4.79 Å². The first-order valence-electron chi connectivity index (χ1n) is 5.67. The van der Waals surface area contributed by atoms with Crippen LogP contribution in [0.5, 0.6) is 0 Å². The summed E-state index contributed by atoms with van der Waals surface area (Å²) in [6.45, 7) is 1.77. The van der Waals surface area contributed by atoms with Crippen LogP contribution in [0.2, 0.25) is 5.02 Å². The largest absolute Gasteiger partial charge is 0.275 e. The summed E-state index contributed by atoms with van der Waals surface area (Å²) in [7, 11) is 0. The van der Waals surface area contributed by atoms with E-state index in [0.29, 0.717) is 16.4 Å². The molecule has 0 fully saturated rings. The summed E-state index contributed by atoms with van der Waals surface area (Å²) in [4.78, 5) is 21.3. The van der Waals surface area contributed by atoms with E-state index in [-0.39, 0.29) is 4.74 Å². The first kappa shape index (κ1) is 12.3. The van der Waals surface area contributed by atoms with Gasteiger partial charge in [-0.1, -0.05) is 41.1 Å². The molecule has 0 unspecified atom stereocenters. The molecule has 0 amide bonds. The van der Waals surface area contributed by atoms with Gasteiger partial charge >= 0.3 is 0 Å². The Balaban J connectivity index is 2.31. The molecule has 0 saturated carbocycles. The number of hydrogen-bond donors (Lipinski definition) is 0.